The Balaban J connectivity index is 2.01. The van der Waals surface area contributed by atoms with Crippen LogP contribution in [0.25, 0.3) is 10.9 Å². The number of hydrogen-bond donors (Lipinski definition) is 2. The highest BCUT2D eigenvalue weighted by atomic mass is 32.1. The van der Waals surface area contributed by atoms with Crippen LogP contribution in [0.1, 0.15) is 0 Å². The zero-order chi connectivity index (χ0) is 12.8. The molecule has 0 fully saturated rings. The first-order chi connectivity index (χ1) is 8.79. The number of methoxy groups -OCH3 is 1. The van der Waals surface area contributed by atoms with Gasteiger partial charge in [-0.05, 0) is 36.5 Å². The Labute approximate surface area is 111 Å². The van der Waals surface area contributed by atoms with Crippen molar-refractivity contribution in [3.05, 3.63) is 36.5 Å². The van der Waals surface area contributed by atoms with Gasteiger partial charge in [0.2, 0.25) is 0 Å². The van der Waals surface area contributed by atoms with Gasteiger partial charge >= 0.3 is 0 Å². The molecule has 2 N–H and O–H groups in total. The molecule has 0 radical (unpaired) electrons. The molecule has 4 nitrogen and oxygen atoms in total. The summed E-state index contributed by atoms with van der Waals surface area (Å²) >= 11 is 5.18. The van der Waals surface area contributed by atoms with Crippen molar-refractivity contribution in [2.45, 2.75) is 0 Å². The first kappa shape index (κ1) is 12.7. The Morgan fingerprint density at radius 3 is 3.11 bits per heavy atom. The van der Waals surface area contributed by atoms with Crippen molar-refractivity contribution < 1.29 is 4.74 Å². The third-order valence-corrected chi connectivity index (χ3v) is 2.70. The SMILES string of the molecule is COCCNC(=S)Nc1ccc2ncccc2c1. The standard InChI is InChI=1S/C13H15N3OS/c1-17-8-7-15-13(18)16-11-4-5-12-10(9-11)3-2-6-14-12/h2-6,9H,7-8H2,1H3,(H2,15,16,18). The minimum absolute atomic E-state index is 0.593. The summed E-state index contributed by atoms with van der Waals surface area (Å²) in [6, 6.07) is 9.89. The summed E-state index contributed by atoms with van der Waals surface area (Å²) in [6.45, 7) is 1.32. The highest BCUT2D eigenvalue weighted by Crippen LogP contribution is 2.16. The second-order valence-corrected chi connectivity index (χ2v) is 4.19. The van der Waals surface area contributed by atoms with Crippen LogP contribution in [-0.4, -0.2) is 30.4 Å². The van der Waals surface area contributed by atoms with Crippen LogP contribution in [0.2, 0.25) is 0 Å². The molecule has 0 saturated heterocycles. The van der Waals surface area contributed by atoms with E-state index in [1.165, 1.54) is 0 Å². The highest BCUT2D eigenvalue weighted by Gasteiger charge is 1.99. The van der Waals surface area contributed by atoms with Crippen molar-refractivity contribution in [2.75, 3.05) is 25.6 Å². The smallest absolute Gasteiger partial charge is 0.170 e. The fourth-order valence-corrected chi connectivity index (χ4v) is 1.82. The van der Waals surface area contributed by atoms with Gasteiger partial charge in [-0.2, -0.15) is 0 Å². The number of pyridine rings is 1. The molecule has 5 heteroatoms. The van der Waals surface area contributed by atoms with Gasteiger partial charge < -0.3 is 15.4 Å². The van der Waals surface area contributed by atoms with Gasteiger partial charge in [-0.1, -0.05) is 6.07 Å². The first-order valence-corrected chi connectivity index (χ1v) is 6.09. The summed E-state index contributed by atoms with van der Waals surface area (Å²) in [7, 11) is 1.66. The van der Waals surface area contributed by atoms with Crippen LogP contribution in [0.4, 0.5) is 5.69 Å². The summed E-state index contributed by atoms with van der Waals surface area (Å²) in [4.78, 5) is 4.27. The van der Waals surface area contributed by atoms with E-state index in [2.05, 4.69) is 15.6 Å². The van der Waals surface area contributed by atoms with Crippen molar-refractivity contribution in [2.24, 2.45) is 0 Å². The van der Waals surface area contributed by atoms with Crippen LogP contribution >= 0.6 is 12.2 Å². The summed E-state index contributed by atoms with van der Waals surface area (Å²) in [5.41, 5.74) is 1.92. The van der Waals surface area contributed by atoms with Gasteiger partial charge in [0.05, 0.1) is 12.1 Å². The van der Waals surface area contributed by atoms with Crippen LogP contribution in [0.5, 0.6) is 0 Å². The van der Waals surface area contributed by atoms with Gasteiger partial charge in [0.1, 0.15) is 0 Å². The van der Waals surface area contributed by atoms with Crippen molar-refractivity contribution >= 4 is 33.9 Å². The lowest BCUT2D eigenvalue weighted by Gasteiger charge is -2.10. The number of fused-ring (bicyclic) bond motifs is 1. The number of nitrogens with zero attached hydrogens (tertiary/aromatic N) is 1. The number of ether oxygens (including phenoxy) is 1. The predicted molar refractivity (Wildman–Crippen MR) is 77.8 cm³/mol. The maximum atomic E-state index is 5.18. The van der Waals surface area contributed by atoms with Gasteiger partial charge in [0.15, 0.2) is 5.11 Å². The molecule has 0 amide bonds. The third kappa shape index (κ3) is 3.38. The molecule has 0 aliphatic rings. The number of benzene rings is 1. The minimum Gasteiger partial charge on any atom is -0.383 e. The van der Waals surface area contributed by atoms with E-state index in [-0.39, 0.29) is 0 Å². The maximum absolute atomic E-state index is 5.18. The van der Waals surface area contributed by atoms with Crippen LogP contribution in [-0.2, 0) is 4.74 Å². The normalized spacial score (nSPS) is 10.3. The number of nitrogens with one attached hydrogen (secondary N) is 2. The van der Waals surface area contributed by atoms with Crippen LogP contribution in [0.15, 0.2) is 36.5 Å². The van der Waals surface area contributed by atoms with Gasteiger partial charge in [-0.3, -0.25) is 4.98 Å². The van der Waals surface area contributed by atoms with E-state index in [1.807, 2.05) is 30.3 Å². The van der Waals surface area contributed by atoms with Gasteiger partial charge in [-0.15, -0.1) is 0 Å². The van der Waals surface area contributed by atoms with E-state index < -0.39 is 0 Å². The Morgan fingerprint density at radius 1 is 1.39 bits per heavy atom. The van der Waals surface area contributed by atoms with Gasteiger partial charge in [-0.25, -0.2) is 0 Å². The van der Waals surface area contributed by atoms with Crippen molar-refractivity contribution in [1.82, 2.24) is 10.3 Å². The molecule has 18 heavy (non-hydrogen) atoms. The molecule has 2 aromatic rings. The van der Waals surface area contributed by atoms with Crippen molar-refractivity contribution in [3.63, 3.8) is 0 Å². The van der Waals surface area contributed by atoms with Crippen molar-refractivity contribution in [1.29, 1.82) is 0 Å². The second kappa shape index (κ2) is 6.28. The Bertz CT molecular complexity index is 545. The monoisotopic (exact) mass is 261 g/mol. The number of thiocarbonyl (C=S) groups is 1. The summed E-state index contributed by atoms with van der Waals surface area (Å²) in [6.07, 6.45) is 1.78. The molecule has 94 valence electrons. The molecule has 0 bridgehead atoms. The number of hydrogen-bond acceptors (Lipinski definition) is 3. The minimum atomic E-state index is 0.593. The maximum Gasteiger partial charge on any atom is 0.170 e. The molecule has 1 heterocycles. The van der Waals surface area contributed by atoms with E-state index in [1.54, 1.807) is 13.3 Å². The number of aromatic nitrogens is 1. The molecule has 0 saturated carbocycles. The fraction of sp³-hybridized carbons (Fsp3) is 0.231. The third-order valence-electron chi connectivity index (χ3n) is 2.45. The molecular formula is C13H15N3OS. The molecule has 1 aromatic carbocycles. The number of anilines is 1. The quantitative estimate of drug-likeness (QED) is 0.652. The summed E-state index contributed by atoms with van der Waals surface area (Å²) in [5.74, 6) is 0. The lowest BCUT2D eigenvalue weighted by Crippen LogP contribution is -2.31. The molecule has 2 rings (SSSR count). The fourth-order valence-electron chi connectivity index (χ4n) is 1.60. The van der Waals surface area contributed by atoms with Crippen LogP contribution < -0.4 is 10.6 Å². The Morgan fingerprint density at radius 2 is 2.28 bits per heavy atom. The predicted octanol–water partition coefficient (Wildman–Crippen LogP) is 2.17. The zero-order valence-electron chi connectivity index (χ0n) is 10.1. The van der Waals surface area contributed by atoms with Gasteiger partial charge in [0.25, 0.3) is 0 Å². The van der Waals surface area contributed by atoms with E-state index >= 15 is 0 Å². The molecule has 0 aliphatic carbocycles. The van der Waals surface area contributed by atoms with Crippen molar-refractivity contribution in [3.8, 4) is 0 Å². The number of rotatable bonds is 4. The van der Waals surface area contributed by atoms with E-state index in [4.69, 9.17) is 17.0 Å². The largest absolute Gasteiger partial charge is 0.383 e. The lowest BCUT2D eigenvalue weighted by atomic mass is 10.2. The molecule has 0 unspecified atom stereocenters. The summed E-state index contributed by atoms with van der Waals surface area (Å²) in [5, 5.41) is 7.87. The Kier molecular flexibility index (Phi) is 4.44. The molecular weight excluding hydrogens is 246 g/mol. The molecule has 0 spiro atoms. The van der Waals surface area contributed by atoms with Crippen LogP contribution in [0.3, 0.4) is 0 Å². The topological polar surface area (TPSA) is 46.2 Å². The second-order valence-electron chi connectivity index (χ2n) is 3.78. The molecule has 0 aliphatic heterocycles. The van der Waals surface area contributed by atoms with E-state index in [0.717, 1.165) is 16.6 Å². The van der Waals surface area contributed by atoms with Gasteiger partial charge in [0, 0.05) is 30.9 Å². The zero-order valence-corrected chi connectivity index (χ0v) is 11.0. The average Bonchev–Trinajstić information content (AvgIpc) is 2.39. The lowest BCUT2D eigenvalue weighted by molar-refractivity contribution is 0.204. The average molecular weight is 261 g/mol. The highest BCUT2D eigenvalue weighted by molar-refractivity contribution is 7.80. The van der Waals surface area contributed by atoms with E-state index in [9.17, 15) is 0 Å². The molecule has 1 aromatic heterocycles. The summed E-state index contributed by atoms with van der Waals surface area (Å²) < 4.78 is 4.94. The van der Waals surface area contributed by atoms with Crippen LogP contribution in [0, 0.1) is 0 Å². The Hall–Kier alpha value is -1.72. The molecule has 0 atom stereocenters. The first-order valence-electron chi connectivity index (χ1n) is 5.68. The van der Waals surface area contributed by atoms with E-state index in [0.29, 0.717) is 18.3 Å².